The van der Waals surface area contributed by atoms with Crippen molar-refractivity contribution in [2.24, 2.45) is 5.92 Å². The highest BCUT2D eigenvalue weighted by Crippen LogP contribution is 2.18. The lowest BCUT2D eigenvalue weighted by Gasteiger charge is -2.17. The van der Waals surface area contributed by atoms with Crippen LogP contribution in [-0.2, 0) is 11.3 Å². The summed E-state index contributed by atoms with van der Waals surface area (Å²) in [6.45, 7) is 2.65. The van der Waals surface area contributed by atoms with Gasteiger partial charge in [-0.05, 0) is 7.05 Å². The monoisotopic (exact) mass is 249 g/mol. The van der Waals surface area contributed by atoms with Crippen molar-refractivity contribution in [3.8, 4) is 0 Å². The highest BCUT2D eigenvalue weighted by molar-refractivity contribution is 7.10. The maximum Gasteiger partial charge on any atom is 0.307 e. The number of halogens is 1. The molecule has 0 saturated heterocycles. The number of rotatable bonds is 5. The normalized spacial score (nSPS) is 13.1. The molecule has 1 aromatic heterocycles. The van der Waals surface area contributed by atoms with Gasteiger partial charge in [0.2, 0.25) is 0 Å². The molecular weight excluding hydrogens is 238 g/mol. The van der Waals surface area contributed by atoms with Gasteiger partial charge in [-0.2, -0.15) is 0 Å². The van der Waals surface area contributed by atoms with Crippen molar-refractivity contribution in [2.75, 3.05) is 13.6 Å². The van der Waals surface area contributed by atoms with Crippen LogP contribution in [0.1, 0.15) is 12.6 Å². The molecule has 5 nitrogen and oxygen atoms in total. The van der Waals surface area contributed by atoms with E-state index < -0.39 is 11.9 Å². The van der Waals surface area contributed by atoms with E-state index in [-0.39, 0.29) is 0 Å². The molecule has 1 atom stereocenters. The summed E-state index contributed by atoms with van der Waals surface area (Å²) in [5, 5.41) is 12.6. The summed E-state index contributed by atoms with van der Waals surface area (Å²) in [5.41, 5.74) is 0.696. The van der Waals surface area contributed by atoms with E-state index >= 15 is 0 Å². The van der Waals surface area contributed by atoms with Crippen LogP contribution in [0, 0.1) is 5.92 Å². The minimum atomic E-state index is -0.802. The van der Waals surface area contributed by atoms with Crippen molar-refractivity contribution >= 4 is 29.1 Å². The van der Waals surface area contributed by atoms with Crippen molar-refractivity contribution < 1.29 is 9.90 Å². The Morgan fingerprint density at radius 1 is 1.73 bits per heavy atom. The summed E-state index contributed by atoms with van der Waals surface area (Å²) in [6.07, 6.45) is 0. The quantitative estimate of drug-likeness (QED) is 0.853. The van der Waals surface area contributed by atoms with E-state index in [1.165, 1.54) is 0 Å². The van der Waals surface area contributed by atoms with Gasteiger partial charge in [0, 0.05) is 24.6 Å². The fourth-order valence-corrected chi connectivity index (χ4v) is 1.77. The smallest absolute Gasteiger partial charge is 0.307 e. The third kappa shape index (κ3) is 3.73. The Kier molecular flexibility index (Phi) is 4.44. The first-order chi connectivity index (χ1) is 7.00. The average Bonchev–Trinajstić information content (AvgIpc) is 2.51. The van der Waals surface area contributed by atoms with E-state index in [2.05, 4.69) is 9.59 Å². The van der Waals surface area contributed by atoms with Gasteiger partial charge in [-0.3, -0.25) is 9.69 Å². The second-order valence-electron chi connectivity index (χ2n) is 3.43. The van der Waals surface area contributed by atoms with Crippen LogP contribution in [-0.4, -0.2) is 39.2 Å². The Balaban J connectivity index is 2.46. The van der Waals surface area contributed by atoms with Crippen molar-refractivity contribution in [1.29, 1.82) is 0 Å². The summed E-state index contributed by atoms with van der Waals surface area (Å²) in [7, 11) is 1.83. The SMILES string of the molecule is CC(CN(C)Cc1nnsc1Cl)C(=O)O. The van der Waals surface area contributed by atoms with Gasteiger partial charge >= 0.3 is 5.97 Å². The Labute approximate surface area is 96.8 Å². The van der Waals surface area contributed by atoms with E-state index in [0.29, 0.717) is 23.1 Å². The number of nitrogens with zero attached hydrogens (tertiary/aromatic N) is 3. The molecule has 0 bridgehead atoms. The minimum absolute atomic E-state index is 0.402. The number of hydrogen-bond acceptors (Lipinski definition) is 5. The lowest BCUT2D eigenvalue weighted by molar-refractivity contribution is -0.141. The summed E-state index contributed by atoms with van der Waals surface area (Å²) in [6, 6.07) is 0. The Morgan fingerprint density at radius 3 is 2.87 bits per heavy atom. The predicted molar refractivity (Wildman–Crippen MR) is 58.1 cm³/mol. The van der Waals surface area contributed by atoms with Crippen LogP contribution >= 0.6 is 23.1 Å². The van der Waals surface area contributed by atoms with Crippen molar-refractivity contribution in [3.05, 3.63) is 10.0 Å². The molecule has 0 aliphatic heterocycles. The molecule has 1 rings (SSSR count). The van der Waals surface area contributed by atoms with Gasteiger partial charge in [-0.1, -0.05) is 23.0 Å². The zero-order chi connectivity index (χ0) is 11.4. The zero-order valence-electron chi connectivity index (χ0n) is 8.47. The molecule has 0 aliphatic rings. The van der Waals surface area contributed by atoms with Crippen molar-refractivity contribution in [1.82, 2.24) is 14.5 Å². The van der Waals surface area contributed by atoms with E-state index in [9.17, 15) is 4.79 Å². The summed E-state index contributed by atoms with van der Waals surface area (Å²) >= 11 is 6.97. The molecule has 1 aromatic rings. The van der Waals surface area contributed by atoms with Crippen LogP contribution in [0.25, 0.3) is 0 Å². The highest BCUT2D eigenvalue weighted by atomic mass is 35.5. The first kappa shape index (κ1) is 12.4. The number of hydrogen-bond donors (Lipinski definition) is 1. The Morgan fingerprint density at radius 2 is 2.40 bits per heavy atom. The Bertz CT molecular complexity index is 344. The van der Waals surface area contributed by atoms with Gasteiger partial charge in [0.05, 0.1) is 5.92 Å². The fourth-order valence-electron chi connectivity index (χ4n) is 1.16. The Hall–Kier alpha value is -0.720. The van der Waals surface area contributed by atoms with Crippen LogP contribution < -0.4 is 0 Å². The standard InChI is InChI=1S/C8H12ClN3O2S/c1-5(8(13)14)3-12(2)4-6-7(9)15-11-10-6/h5H,3-4H2,1-2H3,(H,13,14). The van der Waals surface area contributed by atoms with Gasteiger partial charge in [0.25, 0.3) is 0 Å². The minimum Gasteiger partial charge on any atom is -0.481 e. The lowest BCUT2D eigenvalue weighted by atomic mass is 10.2. The number of carboxylic acid groups (broad SMARTS) is 1. The van der Waals surface area contributed by atoms with Gasteiger partial charge in [0.15, 0.2) is 0 Å². The first-order valence-electron chi connectivity index (χ1n) is 4.38. The molecule has 1 N–H and O–H groups in total. The van der Waals surface area contributed by atoms with Crippen molar-refractivity contribution in [3.63, 3.8) is 0 Å². The molecule has 7 heteroatoms. The maximum absolute atomic E-state index is 10.6. The number of aromatic nitrogens is 2. The second-order valence-corrected chi connectivity index (χ2v) is 4.79. The van der Waals surface area contributed by atoms with E-state index in [1.807, 2.05) is 11.9 Å². The zero-order valence-corrected chi connectivity index (χ0v) is 10.0. The van der Waals surface area contributed by atoms with Gasteiger partial charge in [-0.25, -0.2) is 0 Å². The molecule has 0 aliphatic carbocycles. The molecule has 0 radical (unpaired) electrons. The molecule has 1 heterocycles. The molecule has 0 spiro atoms. The van der Waals surface area contributed by atoms with E-state index in [4.69, 9.17) is 16.7 Å². The highest BCUT2D eigenvalue weighted by Gasteiger charge is 2.15. The molecule has 0 amide bonds. The van der Waals surface area contributed by atoms with Crippen molar-refractivity contribution in [2.45, 2.75) is 13.5 Å². The largest absolute Gasteiger partial charge is 0.481 e. The summed E-state index contributed by atoms with van der Waals surface area (Å²) in [4.78, 5) is 12.5. The van der Waals surface area contributed by atoms with Gasteiger partial charge in [-0.15, -0.1) is 5.10 Å². The third-order valence-corrected chi connectivity index (χ3v) is 2.92. The molecule has 84 valence electrons. The number of carboxylic acids is 1. The van der Waals surface area contributed by atoms with Crippen LogP contribution in [0.3, 0.4) is 0 Å². The molecule has 15 heavy (non-hydrogen) atoms. The molecule has 0 aromatic carbocycles. The average molecular weight is 250 g/mol. The van der Waals surface area contributed by atoms with E-state index in [0.717, 1.165) is 11.5 Å². The second kappa shape index (κ2) is 5.39. The van der Waals surface area contributed by atoms with Crippen LogP contribution in [0.5, 0.6) is 0 Å². The number of carbonyl (C=O) groups is 1. The lowest BCUT2D eigenvalue weighted by Crippen LogP contribution is -2.28. The van der Waals surface area contributed by atoms with Crippen LogP contribution in [0.2, 0.25) is 4.34 Å². The molecule has 0 saturated carbocycles. The van der Waals surface area contributed by atoms with Crippen LogP contribution in [0.15, 0.2) is 0 Å². The topological polar surface area (TPSA) is 66.3 Å². The summed E-state index contributed by atoms with van der Waals surface area (Å²) in [5.74, 6) is -1.20. The number of aliphatic carboxylic acids is 1. The third-order valence-electron chi connectivity index (χ3n) is 1.94. The van der Waals surface area contributed by atoms with E-state index in [1.54, 1.807) is 6.92 Å². The molecule has 0 fully saturated rings. The maximum atomic E-state index is 10.6. The molecular formula is C8H12ClN3O2S. The van der Waals surface area contributed by atoms with Gasteiger partial charge in [0.1, 0.15) is 10.0 Å². The van der Waals surface area contributed by atoms with Crippen LogP contribution in [0.4, 0.5) is 0 Å². The molecule has 1 unspecified atom stereocenters. The van der Waals surface area contributed by atoms with Gasteiger partial charge < -0.3 is 5.11 Å². The fraction of sp³-hybridized carbons (Fsp3) is 0.625. The first-order valence-corrected chi connectivity index (χ1v) is 5.54. The summed E-state index contributed by atoms with van der Waals surface area (Å²) < 4.78 is 4.27. The predicted octanol–water partition coefficient (Wildman–Crippen LogP) is 1.34.